The van der Waals surface area contributed by atoms with Crippen LogP contribution < -0.4 is 4.90 Å². The number of hydrogen-bond donors (Lipinski definition) is 0. The average Bonchev–Trinajstić information content (AvgIpc) is 3.31. The SMILES string of the molecule is CCN1CCN(c2cc(C)c3cc(CC(=S)CCCCN4CCCC4)ccc3n2)CC1. The van der Waals surface area contributed by atoms with Gasteiger partial charge in [-0.3, -0.25) is 0 Å². The van der Waals surface area contributed by atoms with Gasteiger partial charge in [-0.25, -0.2) is 4.98 Å². The number of fused-ring (bicyclic) bond motifs is 1. The molecule has 2 aromatic rings. The fourth-order valence-corrected chi connectivity index (χ4v) is 5.28. The summed E-state index contributed by atoms with van der Waals surface area (Å²) in [4.78, 5) is 13.7. The maximum atomic E-state index is 5.73. The van der Waals surface area contributed by atoms with Crippen molar-refractivity contribution in [3.05, 3.63) is 35.4 Å². The summed E-state index contributed by atoms with van der Waals surface area (Å²) >= 11 is 5.73. The normalized spacial score (nSPS) is 18.2. The van der Waals surface area contributed by atoms with Crippen LogP contribution >= 0.6 is 12.2 Å². The fraction of sp³-hybridized carbons (Fsp3) is 0.615. The van der Waals surface area contributed by atoms with Crippen LogP contribution in [-0.2, 0) is 6.42 Å². The smallest absolute Gasteiger partial charge is 0.129 e. The van der Waals surface area contributed by atoms with Gasteiger partial charge in [-0.15, -0.1) is 0 Å². The van der Waals surface area contributed by atoms with E-state index >= 15 is 0 Å². The first-order valence-electron chi connectivity index (χ1n) is 12.2. The summed E-state index contributed by atoms with van der Waals surface area (Å²) in [6.07, 6.45) is 7.24. The number of aryl methyl sites for hydroxylation is 1. The van der Waals surface area contributed by atoms with Crippen LogP contribution in [0.2, 0.25) is 0 Å². The third-order valence-corrected chi connectivity index (χ3v) is 7.34. The monoisotopic (exact) mass is 438 g/mol. The van der Waals surface area contributed by atoms with Crippen LogP contribution in [0.3, 0.4) is 0 Å². The molecule has 1 aromatic carbocycles. The molecule has 168 valence electrons. The molecule has 0 atom stereocenters. The van der Waals surface area contributed by atoms with Crippen molar-refractivity contribution in [2.24, 2.45) is 0 Å². The summed E-state index contributed by atoms with van der Waals surface area (Å²) in [6, 6.07) is 9.00. The number of nitrogens with zero attached hydrogens (tertiary/aromatic N) is 4. The van der Waals surface area contributed by atoms with Crippen LogP contribution in [0.4, 0.5) is 5.82 Å². The highest BCUT2D eigenvalue weighted by molar-refractivity contribution is 7.80. The Labute approximate surface area is 193 Å². The predicted molar refractivity (Wildman–Crippen MR) is 137 cm³/mol. The van der Waals surface area contributed by atoms with Gasteiger partial charge >= 0.3 is 0 Å². The third kappa shape index (κ3) is 6.03. The summed E-state index contributed by atoms with van der Waals surface area (Å²) < 4.78 is 0. The van der Waals surface area contributed by atoms with Gasteiger partial charge in [0.15, 0.2) is 0 Å². The average molecular weight is 439 g/mol. The van der Waals surface area contributed by atoms with Crippen LogP contribution in [0.5, 0.6) is 0 Å². The Kier molecular flexibility index (Phi) is 7.91. The molecule has 4 rings (SSSR count). The van der Waals surface area contributed by atoms with Crippen molar-refractivity contribution in [3.8, 4) is 0 Å². The number of likely N-dealkylation sites (N-methyl/N-ethyl adjacent to an activating group) is 1. The lowest BCUT2D eigenvalue weighted by Gasteiger charge is -2.35. The minimum absolute atomic E-state index is 0.912. The summed E-state index contributed by atoms with van der Waals surface area (Å²) in [5, 5.41) is 1.27. The van der Waals surface area contributed by atoms with Gasteiger partial charge in [-0.1, -0.05) is 25.2 Å². The van der Waals surface area contributed by atoms with E-state index in [4.69, 9.17) is 17.2 Å². The molecule has 0 bridgehead atoms. The van der Waals surface area contributed by atoms with E-state index in [0.717, 1.165) is 56.9 Å². The van der Waals surface area contributed by atoms with Gasteiger partial charge in [-0.2, -0.15) is 0 Å². The molecular weight excluding hydrogens is 400 g/mol. The summed E-state index contributed by atoms with van der Waals surface area (Å²) in [6.45, 7) is 13.8. The Balaban J connectivity index is 1.33. The van der Waals surface area contributed by atoms with E-state index in [9.17, 15) is 0 Å². The number of benzene rings is 1. The Morgan fingerprint density at radius 1 is 0.968 bits per heavy atom. The van der Waals surface area contributed by atoms with Gasteiger partial charge < -0.3 is 14.7 Å². The largest absolute Gasteiger partial charge is 0.354 e. The molecular formula is C26H38N4S. The third-order valence-electron chi connectivity index (χ3n) is 6.99. The first-order valence-corrected chi connectivity index (χ1v) is 12.6. The minimum atomic E-state index is 0.912. The molecule has 31 heavy (non-hydrogen) atoms. The number of piperazine rings is 1. The Morgan fingerprint density at radius 3 is 2.48 bits per heavy atom. The number of thiocarbonyl (C=S) groups is 1. The van der Waals surface area contributed by atoms with E-state index in [1.807, 2.05) is 0 Å². The van der Waals surface area contributed by atoms with Crippen molar-refractivity contribution in [2.75, 3.05) is 57.3 Å². The van der Waals surface area contributed by atoms with Crippen molar-refractivity contribution in [1.29, 1.82) is 0 Å². The zero-order valence-electron chi connectivity index (χ0n) is 19.4. The quantitative estimate of drug-likeness (QED) is 0.411. The van der Waals surface area contributed by atoms with E-state index < -0.39 is 0 Å². The Morgan fingerprint density at radius 2 is 1.74 bits per heavy atom. The molecule has 2 fully saturated rings. The summed E-state index contributed by atoms with van der Waals surface area (Å²) in [7, 11) is 0. The highest BCUT2D eigenvalue weighted by Crippen LogP contribution is 2.25. The zero-order valence-corrected chi connectivity index (χ0v) is 20.2. The van der Waals surface area contributed by atoms with Crippen LogP contribution in [0.25, 0.3) is 10.9 Å². The van der Waals surface area contributed by atoms with Crippen LogP contribution in [0.15, 0.2) is 24.3 Å². The van der Waals surface area contributed by atoms with Gasteiger partial charge in [0, 0.05) is 38.0 Å². The van der Waals surface area contributed by atoms with Crippen molar-refractivity contribution in [2.45, 2.75) is 52.4 Å². The first kappa shape index (κ1) is 22.6. The number of likely N-dealkylation sites (tertiary alicyclic amines) is 1. The lowest BCUT2D eigenvalue weighted by molar-refractivity contribution is 0.270. The number of pyridine rings is 1. The lowest BCUT2D eigenvalue weighted by Crippen LogP contribution is -2.46. The molecule has 0 unspecified atom stereocenters. The van der Waals surface area contributed by atoms with E-state index in [2.05, 4.69) is 52.8 Å². The lowest BCUT2D eigenvalue weighted by atomic mass is 10.0. The van der Waals surface area contributed by atoms with Crippen molar-refractivity contribution >= 4 is 33.8 Å². The first-order chi connectivity index (χ1) is 15.1. The van der Waals surface area contributed by atoms with Crippen LogP contribution in [0.1, 0.15) is 50.2 Å². The van der Waals surface area contributed by atoms with Crippen LogP contribution in [-0.4, -0.2) is 72.0 Å². The number of anilines is 1. The van der Waals surface area contributed by atoms with Gasteiger partial charge in [0.1, 0.15) is 5.82 Å². The maximum absolute atomic E-state index is 5.73. The summed E-state index contributed by atoms with van der Waals surface area (Å²) in [5.41, 5.74) is 3.75. The molecule has 0 saturated carbocycles. The maximum Gasteiger partial charge on any atom is 0.129 e. The predicted octanol–water partition coefficient (Wildman–Crippen LogP) is 4.86. The number of rotatable bonds is 9. The van der Waals surface area contributed by atoms with Crippen LogP contribution in [0, 0.1) is 6.92 Å². The van der Waals surface area contributed by atoms with E-state index in [-0.39, 0.29) is 0 Å². The molecule has 2 saturated heterocycles. The second-order valence-electron chi connectivity index (χ2n) is 9.29. The van der Waals surface area contributed by atoms with E-state index in [0.29, 0.717) is 0 Å². The molecule has 0 spiro atoms. The fourth-order valence-electron chi connectivity index (χ4n) is 4.97. The highest BCUT2D eigenvalue weighted by Gasteiger charge is 2.18. The molecule has 5 heteroatoms. The molecule has 3 heterocycles. The Bertz CT molecular complexity index is 882. The molecule has 0 aliphatic carbocycles. The van der Waals surface area contributed by atoms with Gasteiger partial charge in [0.25, 0.3) is 0 Å². The second kappa shape index (κ2) is 10.8. The minimum Gasteiger partial charge on any atom is -0.354 e. The molecule has 2 aliphatic heterocycles. The molecule has 4 nitrogen and oxygen atoms in total. The standard InChI is InChI=1S/C26H38N4S/c1-3-28-14-16-30(17-15-28)26-18-21(2)24-20-22(9-10-25(24)27-26)19-23(31)8-4-5-11-29-12-6-7-13-29/h9-10,18,20H,3-8,11-17,19H2,1-2H3. The highest BCUT2D eigenvalue weighted by atomic mass is 32.1. The number of aromatic nitrogens is 1. The second-order valence-corrected chi connectivity index (χ2v) is 9.87. The zero-order chi connectivity index (χ0) is 21.6. The number of unbranched alkanes of at least 4 members (excludes halogenated alkanes) is 1. The molecule has 0 radical (unpaired) electrons. The summed E-state index contributed by atoms with van der Waals surface area (Å²) in [5.74, 6) is 1.13. The molecule has 1 aromatic heterocycles. The van der Waals surface area contributed by atoms with Gasteiger partial charge in [-0.05, 0) is 99.4 Å². The van der Waals surface area contributed by atoms with E-state index in [1.54, 1.807) is 0 Å². The topological polar surface area (TPSA) is 22.6 Å². The van der Waals surface area contributed by atoms with Crippen molar-refractivity contribution in [1.82, 2.24) is 14.8 Å². The van der Waals surface area contributed by atoms with Gasteiger partial charge in [0.05, 0.1) is 5.52 Å². The molecule has 2 aliphatic rings. The van der Waals surface area contributed by atoms with Crippen molar-refractivity contribution in [3.63, 3.8) is 0 Å². The van der Waals surface area contributed by atoms with Gasteiger partial charge in [0.2, 0.25) is 0 Å². The molecule has 0 amide bonds. The number of hydrogen-bond acceptors (Lipinski definition) is 5. The Hall–Kier alpha value is -1.56. The van der Waals surface area contributed by atoms with Crippen molar-refractivity contribution < 1.29 is 0 Å². The molecule has 0 N–H and O–H groups in total. The van der Waals surface area contributed by atoms with E-state index in [1.165, 1.54) is 66.7 Å².